The standard InChI is InChI=1S/C16H27N3O7/c1-3-8(2)10(19-14(21)11-12(26-11)16(24)25)13(20)18-7-5-4-6-9(17)15(22)23/h8-12H,3-7,17H2,1-2H3,(H,18,20)(H,19,21)(H,22,23)(H,24,25). The highest BCUT2D eigenvalue weighted by Crippen LogP contribution is 2.23. The summed E-state index contributed by atoms with van der Waals surface area (Å²) in [6.07, 6.45) is -0.171. The lowest BCUT2D eigenvalue weighted by atomic mass is 9.98. The molecule has 1 aliphatic heterocycles. The number of nitrogens with two attached hydrogens (primary N) is 1. The van der Waals surface area contributed by atoms with E-state index in [1.165, 1.54) is 0 Å². The summed E-state index contributed by atoms with van der Waals surface area (Å²) in [5.74, 6) is -3.42. The molecular weight excluding hydrogens is 346 g/mol. The number of rotatable bonds is 12. The molecule has 1 saturated heterocycles. The van der Waals surface area contributed by atoms with Crippen LogP contribution in [0, 0.1) is 5.92 Å². The summed E-state index contributed by atoms with van der Waals surface area (Å²) in [5.41, 5.74) is 5.40. The molecule has 0 aromatic heterocycles. The average Bonchev–Trinajstić information content (AvgIpc) is 3.39. The maximum atomic E-state index is 12.3. The van der Waals surface area contributed by atoms with Gasteiger partial charge in [0.05, 0.1) is 0 Å². The predicted octanol–water partition coefficient (Wildman–Crippen LogP) is -0.932. The average molecular weight is 373 g/mol. The lowest BCUT2D eigenvalue weighted by Crippen LogP contribution is -2.51. The number of carbonyl (C=O) groups is 4. The van der Waals surface area contributed by atoms with Crippen LogP contribution in [0.1, 0.15) is 39.5 Å². The van der Waals surface area contributed by atoms with Gasteiger partial charge < -0.3 is 31.3 Å². The summed E-state index contributed by atoms with van der Waals surface area (Å²) in [5, 5.41) is 22.7. The highest BCUT2D eigenvalue weighted by Gasteiger charge is 2.51. The Bertz CT molecular complexity index is 540. The molecule has 26 heavy (non-hydrogen) atoms. The van der Waals surface area contributed by atoms with Gasteiger partial charge in [-0.3, -0.25) is 14.4 Å². The van der Waals surface area contributed by atoms with Crippen LogP contribution in [0.15, 0.2) is 0 Å². The fraction of sp³-hybridized carbons (Fsp3) is 0.750. The minimum Gasteiger partial charge on any atom is -0.480 e. The summed E-state index contributed by atoms with van der Waals surface area (Å²) >= 11 is 0. The first-order valence-electron chi connectivity index (χ1n) is 8.63. The molecule has 1 aliphatic rings. The van der Waals surface area contributed by atoms with E-state index in [0.29, 0.717) is 32.2 Å². The third kappa shape index (κ3) is 6.60. The van der Waals surface area contributed by atoms with Crippen LogP contribution in [0.3, 0.4) is 0 Å². The second-order valence-electron chi connectivity index (χ2n) is 6.42. The molecule has 2 amide bonds. The van der Waals surface area contributed by atoms with Crippen molar-refractivity contribution in [2.45, 2.75) is 63.8 Å². The van der Waals surface area contributed by atoms with Gasteiger partial charge in [-0.15, -0.1) is 0 Å². The van der Waals surface area contributed by atoms with Gasteiger partial charge in [-0.25, -0.2) is 4.79 Å². The van der Waals surface area contributed by atoms with Gasteiger partial charge in [0.2, 0.25) is 5.91 Å². The number of epoxide rings is 1. The zero-order valence-corrected chi connectivity index (χ0v) is 14.9. The van der Waals surface area contributed by atoms with E-state index in [4.69, 9.17) is 20.7 Å². The zero-order valence-electron chi connectivity index (χ0n) is 14.9. The SMILES string of the molecule is CCC(C)C(NC(=O)C1OC1C(=O)O)C(=O)NCCCCC(N)C(=O)O. The molecule has 1 rings (SSSR count). The summed E-state index contributed by atoms with van der Waals surface area (Å²) in [6, 6.07) is -1.72. The Hall–Kier alpha value is -2.20. The molecule has 10 heteroatoms. The van der Waals surface area contributed by atoms with Crippen LogP contribution >= 0.6 is 0 Å². The number of unbranched alkanes of at least 4 members (excludes halogenated alkanes) is 1. The van der Waals surface area contributed by atoms with E-state index in [2.05, 4.69) is 10.6 Å². The monoisotopic (exact) mass is 373 g/mol. The maximum Gasteiger partial charge on any atom is 0.336 e. The van der Waals surface area contributed by atoms with Gasteiger partial charge in [-0.05, 0) is 25.2 Å². The van der Waals surface area contributed by atoms with E-state index in [1.54, 1.807) is 6.92 Å². The number of hydrogen-bond donors (Lipinski definition) is 5. The van der Waals surface area contributed by atoms with Gasteiger partial charge >= 0.3 is 11.9 Å². The molecule has 0 aliphatic carbocycles. The lowest BCUT2D eigenvalue weighted by Gasteiger charge is -2.23. The zero-order chi connectivity index (χ0) is 19.9. The number of nitrogens with one attached hydrogen (secondary N) is 2. The molecule has 6 N–H and O–H groups in total. The van der Waals surface area contributed by atoms with Crippen molar-refractivity contribution in [1.29, 1.82) is 0 Å². The number of carbonyl (C=O) groups excluding carboxylic acids is 2. The Morgan fingerprint density at radius 2 is 1.81 bits per heavy atom. The number of carboxylic acids is 2. The molecule has 0 radical (unpaired) electrons. The second kappa shape index (κ2) is 10.1. The minimum atomic E-state index is -1.21. The molecule has 0 bridgehead atoms. The van der Waals surface area contributed by atoms with Crippen LogP contribution in [0.5, 0.6) is 0 Å². The topological polar surface area (TPSA) is 171 Å². The van der Waals surface area contributed by atoms with Crippen LogP contribution in [0.4, 0.5) is 0 Å². The molecule has 1 heterocycles. The van der Waals surface area contributed by atoms with Crippen LogP contribution in [-0.2, 0) is 23.9 Å². The van der Waals surface area contributed by atoms with Gasteiger partial charge in [-0.2, -0.15) is 0 Å². The van der Waals surface area contributed by atoms with Crippen molar-refractivity contribution in [3.05, 3.63) is 0 Å². The Morgan fingerprint density at radius 1 is 1.15 bits per heavy atom. The van der Waals surface area contributed by atoms with Crippen molar-refractivity contribution < 1.29 is 34.1 Å². The first-order valence-corrected chi connectivity index (χ1v) is 8.63. The van der Waals surface area contributed by atoms with Crippen LogP contribution in [0.25, 0.3) is 0 Å². The Balaban J connectivity index is 2.43. The van der Waals surface area contributed by atoms with Crippen molar-refractivity contribution in [2.75, 3.05) is 6.54 Å². The third-order valence-corrected chi connectivity index (χ3v) is 4.34. The Labute approximate surface area is 151 Å². The Kier molecular flexibility index (Phi) is 8.46. The van der Waals surface area contributed by atoms with Crippen LogP contribution in [-0.4, -0.2) is 64.8 Å². The molecule has 0 aromatic carbocycles. The van der Waals surface area contributed by atoms with Crippen molar-refractivity contribution >= 4 is 23.8 Å². The van der Waals surface area contributed by atoms with Crippen LogP contribution < -0.4 is 16.4 Å². The lowest BCUT2D eigenvalue weighted by molar-refractivity contribution is -0.139. The van der Waals surface area contributed by atoms with Gasteiger partial charge in [0.25, 0.3) is 5.91 Å². The fourth-order valence-corrected chi connectivity index (χ4v) is 2.37. The predicted molar refractivity (Wildman–Crippen MR) is 90.2 cm³/mol. The molecule has 1 fully saturated rings. The van der Waals surface area contributed by atoms with Gasteiger partial charge in [0, 0.05) is 6.54 Å². The number of aliphatic carboxylic acids is 2. The minimum absolute atomic E-state index is 0.151. The molecule has 0 aromatic rings. The number of hydrogen-bond acceptors (Lipinski definition) is 6. The summed E-state index contributed by atoms with van der Waals surface area (Å²) < 4.78 is 4.79. The first kappa shape index (κ1) is 21.8. The first-order chi connectivity index (χ1) is 12.2. The Morgan fingerprint density at radius 3 is 2.31 bits per heavy atom. The summed E-state index contributed by atoms with van der Waals surface area (Å²) in [6.45, 7) is 4.00. The van der Waals surface area contributed by atoms with Crippen molar-refractivity contribution in [3.8, 4) is 0 Å². The molecule has 5 unspecified atom stereocenters. The second-order valence-corrected chi connectivity index (χ2v) is 6.42. The van der Waals surface area contributed by atoms with E-state index >= 15 is 0 Å². The highest BCUT2D eigenvalue weighted by molar-refractivity contribution is 5.95. The van der Waals surface area contributed by atoms with Crippen molar-refractivity contribution in [2.24, 2.45) is 11.7 Å². The molecule has 0 spiro atoms. The van der Waals surface area contributed by atoms with Crippen molar-refractivity contribution in [3.63, 3.8) is 0 Å². The van der Waals surface area contributed by atoms with E-state index < -0.39 is 42.1 Å². The normalized spacial score (nSPS) is 22.0. The molecular formula is C16H27N3O7. The van der Waals surface area contributed by atoms with E-state index in [1.807, 2.05) is 6.92 Å². The van der Waals surface area contributed by atoms with E-state index in [9.17, 15) is 19.2 Å². The summed E-state index contributed by atoms with van der Waals surface area (Å²) in [4.78, 5) is 45.7. The van der Waals surface area contributed by atoms with Gasteiger partial charge in [0.1, 0.15) is 12.1 Å². The molecule has 148 valence electrons. The van der Waals surface area contributed by atoms with Crippen LogP contribution in [0.2, 0.25) is 0 Å². The van der Waals surface area contributed by atoms with E-state index in [0.717, 1.165) is 0 Å². The third-order valence-electron chi connectivity index (χ3n) is 4.34. The quantitative estimate of drug-likeness (QED) is 0.215. The fourth-order valence-electron chi connectivity index (χ4n) is 2.37. The van der Waals surface area contributed by atoms with Crippen molar-refractivity contribution in [1.82, 2.24) is 10.6 Å². The molecule has 0 saturated carbocycles. The largest absolute Gasteiger partial charge is 0.480 e. The van der Waals surface area contributed by atoms with Gasteiger partial charge in [-0.1, -0.05) is 20.3 Å². The summed E-state index contributed by atoms with van der Waals surface area (Å²) in [7, 11) is 0. The maximum absolute atomic E-state index is 12.3. The molecule has 10 nitrogen and oxygen atoms in total. The smallest absolute Gasteiger partial charge is 0.336 e. The van der Waals surface area contributed by atoms with Gasteiger partial charge in [0.15, 0.2) is 12.2 Å². The molecule has 5 atom stereocenters. The van der Waals surface area contributed by atoms with E-state index in [-0.39, 0.29) is 11.8 Å². The number of amides is 2. The number of ether oxygens (including phenoxy) is 1. The highest BCUT2D eigenvalue weighted by atomic mass is 16.6. The number of carboxylic acid groups (broad SMARTS) is 2.